The molecule has 0 saturated carbocycles. The van der Waals surface area contributed by atoms with Gasteiger partial charge in [0.15, 0.2) is 0 Å². The molecular weight excluding hydrogens is 461 g/mol. The number of hydrogen-bond donors (Lipinski definition) is 0. The lowest BCUT2D eigenvalue weighted by molar-refractivity contribution is -0.133. The van der Waals surface area contributed by atoms with E-state index in [0.29, 0.717) is 6.42 Å². The number of benzene rings is 3. The van der Waals surface area contributed by atoms with Gasteiger partial charge in [0.25, 0.3) is 0 Å². The van der Waals surface area contributed by atoms with E-state index in [0.717, 1.165) is 61.3 Å². The summed E-state index contributed by atoms with van der Waals surface area (Å²) in [6.45, 7) is 7.04. The number of fused-ring (bicyclic) bond motifs is 1. The predicted octanol–water partition coefficient (Wildman–Crippen LogP) is 6.18. The van der Waals surface area contributed by atoms with Crippen LogP contribution in [0.5, 0.6) is 0 Å². The zero-order valence-corrected chi connectivity index (χ0v) is 21.4. The summed E-state index contributed by atoms with van der Waals surface area (Å²) in [6.07, 6.45) is 6.89. The fourth-order valence-electron chi connectivity index (χ4n) is 5.30. The molecular formula is C32H34FN3O. The fourth-order valence-corrected chi connectivity index (χ4v) is 5.30. The predicted molar refractivity (Wildman–Crippen MR) is 149 cm³/mol. The molecule has 4 nitrogen and oxygen atoms in total. The van der Waals surface area contributed by atoms with E-state index in [2.05, 4.69) is 59.0 Å². The maximum atomic E-state index is 13.8. The zero-order chi connectivity index (χ0) is 25.6. The largest absolute Gasteiger partial charge is 0.347 e. The van der Waals surface area contributed by atoms with Gasteiger partial charge in [-0.15, -0.1) is 0 Å². The van der Waals surface area contributed by atoms with Gasteiger partial charge in [-0.05, 0) is 41.8 Å². The zero-order valence-electron chi connectivity index (χ0n) is 21.4. The van der Waals surface area contributed by atoms with Gasteiger partial charge in [-0.1, -0.05) is 72.8 Å². The van der Waals surface area contributed by atoms with E-state index in [9.17, 15) is 9.18 Å². The molecule has 0 aliphatic carbocycles. The Morgan fingerprint density at radius 1 is 0.919 bits per heavy atom. The third-order valence-electron chi connectivity index (χ3n) is 7.39. The van der Waals surface area contributed by atoms with Gasteiger partial charge in [0.05, 0.1) is 0 Å². The van der Waals surface area contributed by atoms with Crippen LogP contribution in [0, 0.1) is 5.82 Å². The smallest absolute Gasteiger partial charge is 0.223 e. The van der Waals surface area contributed by atoms with Crippen molar-refractivity contribution in [3.05, 3.63) is 114 Å². The molecule has 1 atom stereocenters. The molecule has 4 aromatic rings. The minimum absolute atomic E-state index is 0.127. The second kappa shape index (κ2) is 11.6. The summed E-state index contributed by atoms with van der Waals surface area (Å²) in [4.78, 5) is 17.9. The first kappa shape index (κ1) is 25.0. The SMILES string of the molecule is CCn1cc(C(CC(=O)N2CCN(C/C=C/c3ccccc3)CC2)c2ccc(F)cc2)c2ccccc21. The molecule has 190 valence electrons. The van der Waals surface area contributed by atoms with Crippen LogP contribution in [0.4, 0.5) is 4.39 Å². The first-order valence-corrected chi connectivity index (χ1v) is 13.2. The van der Waals surface area contributed by atoms with Crippen molar-refractivity contribution >= 4 is 22.9 Å². The van der Waals surface area contributed by atoms with Gasteiger partial charge >= 0.3 is 0 Å². The first-order valence-electron chi connectivity index (χ1n) is 13.2. The van der Waals surface area contributed by atoms with Crippen molar-refractivity contribution in [2.24, 2.45) is 0 Å². The number of hydrogen-bond acceptors (Lipinski definition) is 2. The number of rotatable bonds is 8. The highest BCUT2D eigenvalue weighted by Crippen LogP contribution is 2.35. The van der Waals surface area contributed by atoms with E-state index in [1.54, 1.807) is 0 Å². The van der Waals surface area contributed by atoms with Gasteiger partial charge in [0, 0.05) is 68.7 Å². The Morgan fingerprint density at radius 3 is 2.35 bits per heavy atom. The second-order valence-electron chi connectivity index (χ2n) is 9.69. The minimum atomic E-state index is -0.262. The number of carbonyl (C=O) groups is 1. The van der Waals surface area contributed by atoms with Crippen LogP contribution in [0.3, 0.4) is 0 Å². The lowest BCUT2D eigenvalue weighted by Gasteiger charge is -2.35. The molecule has 1 fully saturated rings. The molecule has 0 radical (unpaired) electrons. The highest BCUT2D eigenvalue weighted by molar-refractivity contribution is 5.86. The number of halogens is 1. The molecule has 0 N–H and O–H groups in total. The highest BCUT2D eigenvalue weighted by atomic mass is 19.1. The van der Waals surface area contributed by atoms with Crippen LogP contribution in [-0.2, 0) is 11.3 Å². The van der Waals surface area contributed by atoms with Crippen LogP contribution in [0.2, 0.25) is 0 Å². The van der Waals surface area contributed by atoms with Gasteiger partial charge in [0.1, 0.15) is 5.82 Å². The van der Waals surface area contributed by atoms with Crippen molar-refractivity contribution in [2.75, 3.05) is 32.7 Å². The first-order chi connectivity index (χ1) is 18.1. The summed E-state index contributed by atoms with van der Waals surface area (Å²) in [6, 6.07) is 25.3. The summed E-state index contributed by atoms with van der Waals surface area (Å²) in [5, 5.41) is 1.15. The van der Waals surface area contributed by atoms with E-state index >= 15 is 0 Å². The Bertz CT molecular complexity index is 1350. The highest BCUT2D eigenvalue weighted by Gasteiger charge is 2.27. The standard InChI is InChI=1S/C32H34FN3O/c1-2-35-24-30(28-12-6-7-13-31(28)35)29(26-14-16-27(33)17-15-26)23-32(37)36-21-19-34(20-22-36)18-8-11-25-9-4-3-5-10-25/h3-17,24,29H,2,18-23H2,1H3/b11-8+. The number of aryl methyl sites for hydroxylation is 1. The number of carbonyl (C=O) groups excluding carboxylic acids is 1. The van der Waals surface area contributed by atoms with Gasteiger partial charge in [-0.3, -0.25) is 9.69 Å². The van der Waals surface area contributed by atoms with Crippen LogP contribution in [0.15, 0.2) is 91.1 Å². The topological polar surface area (TPSA) is 28.5 Å². The van der Waals surface area contributed by atoms with E-state index < -0.39 is 0 Å². The van der Waals surface area contributed by atoms with Crippen molar-refractivity contribution < 1.29 is 9.18 Å². The third-order valence-corrected chi connectivity index (χ3v) is 7.39. The Labute approximate surface area is 218 Å². The number of piperazine rings is 1. The van der Waals surface area contributed by atoms with E-state index in [-0.39, 0.29) is 17.6 Å². The molecule has 3 aromatic carbocycles. The Balaban J connectivity index is 1.29. The third kappa shape index (κ3) is 5.83. The number of para-hydroxylation sites is 1. The van der Waals surface area contributed by atoms with Gasteiger partial charge < -0.3 is 9.47 Å². The Hall–Kier alpha value is -3.70. The molecule has 1 aliphatic rings. The second-order valence-corrected chi connectivity index (χ2v) is 9.69. The summed E-state index contributed by atoms with van der Waals surface area (Å²) in [5.74, 6) is -0.234. The Morgan fingerprint density at radius 2 is 1.62 bits per heavy atom. The van der Waals surface area contributed by atoms with Crippen molar-refractivity contribution in [1.29, 1.82) is 0 Å². The maximum absolute atomic E-state index is 13.8. The van der Waals surface area contributed by atoms with Gasteiger partial charge in [0.2, 0.25) is 5.91 Å². The molecule has 5 heteroatoms. The number of aromatic nitrogens is 1. The maximum Gasteiger partial charge on any atom is 0.223 e. The average Bonchev–Trinajstić information content (AvgIpc) is 3.32. The molecule has 1 unspecified atom stereocenters. The summed E-state index contributed by atoms with van der Waals surface area (Å²) in [5.41, 5.74) is 4.46. The lowest BCUT2D eigenvalue weighted by Crippen LogP contribution is -2.48. The Kier molecular flexibility index (Phi) is 7.81. The van der Waals surface area contributed by atoms with Crippen LogP contribution >= 0.6 is 0 Å². The summed E-state index contributed by atoms with van der Waals surface area (Å²) < 4.78 is 16.0. The molecule has 1 saturated heterocycles. The summed E-state index contributed by atoms with van der Waals surface area (Å²) >= 11 is 0. The molecule has 2 heterocycles. The van der Waals surface area contributed by atoms with Crippen LogP contribution in [-0.4, -0.2) is 53.0 Å². The van der Waals surface area contributed by atoms with Crippen molar-refractivity contribution in [1.82, 2.24) is 14.4 Å². The molecule has 1 aliphatic heterocycles. The average molecular weight is 496 g/mol. The van der Waals surface area contributed by atoms with Gasteiger partial charge in [-0.25, -0.2) is 4.39 Å². The molecule has 1 amide bonds. The van der Waals surface area contributed by atoms with Crippen LogP contribution in [0.1, 0.15) is 36.0 Å². The van der Waals surface area contributed by atoms with Crippen LogP contribution < -0.4 is 0 Å². The molecule has 0 spiro atoms. The van der Waals surface area contributed by atoms with Gasteiger partial charge in [-0.2, -0.15) is 0 Å². The van der Waals surface area contributed by atoms with E-state index in [4.69, 9.17) is 0 Å². The molecule has 1 aromatic heterocycles. The molecule has 5 rings (SSSR count). The quantitative estimate of drug-likeness (QED) is 0.292. The van der Waals surface area contributed by atoms with E-state index in [1.807, 2.05) is 47.4 Å². The lowest BCUT2D eigenvalue weighted by atomic mass is 9.87. The minimum Gasteiger partial charge on any atom is -0.347 e. The van der Waals surface area contributed by atoms with E-state index in [1.165, 1.54) is 17.7 Å². The normalized spacial score (nSPS) is 15.5. The number of amides is 1. The molecule has 37 heavy (non-hydrogen) atoms. The monoisotopic (exact) mass is 495 g/mol. The van der Waals surface area contributed by atoms with Crippen molar-refractivity contribution in [3.63, 3.8) is 0 Å². The fraction of sp³-hybridized carbons (Fsp3) is 0.281. The van der Waals surface area contributed by atoms with Crippen molar-refractivity contribution in [3.8, 4) is 0 Å². The molecule has 0 bridgehead atoms. The van der Waals surface area contributed by atoms with Crippen LogP contribution in [0.25, 0.3) is 17.0 Å². The summed E-state index contributed by atoms with van der Waals surface area (Å²) in [7, 11) is 0. The van der Waals surface area contributed by atoms with Crippen molar-refractivity contribution in [2.45, 2.75) is 25.8 Å². The number of nitrogens with zero attached hydrogens (tertiary/aromatic N) is 3.